The number of aliphatic carboxylic acids is 1. The number of ether oxygens (including phenoxy) is 1. The second kappa shape index (κ2) is 5.82. The zero-order valence-corrected chi connectivity index (χ0v) is 12.9. The molecule has 0 atom stereocenters. The summed E-state index contributed by atoms with van der Waals surface area (Å²) in [4.78, 5) is 19.6. The van der Waals surface area contributed by atoms with Crippen LogP contribution in [0.2, 0.25) is 5.02 Å². The fraction of sp³-hybridized carbons (Fsp3) is 0.462. The Kier molecular flexibility index (Phi) is 4.05. The molecule has 0 saturated heterocycles. The summed E-state index contributed by atoms with van der Waals surface area (Å²) in [6, 6.07) is 1.99. The topological polar surface area (TPSA) is 77.2 Å². The SMILES string of the molecule is COC1CC(n2c(SCC(=O)O)nc3cc(Cl)cnc32)C1. The van der Waals surface area contributed by atoms with Crippen molar-refractivity contribution in [2.24, 2.45) is 0 Å². The first kappa shape index (κ1) is 14.6. The first-order chi connectivity index (χ1) is 10.1. The molecular weight excluding hydrogens is 314 g/mol. The molecule has 0 spiro atoms. The third-order valence-electron chi connectivity index (χ3n) is 3.56. The van der Waals surface area contributed by atoms with Crippen molar-refractivity contribution >= 4 is 40.5 Å². The minimum Gasteiger partial charge on any atom is -0.481 e. The minimum absolute atomic E-state index is 0.0303. The van der Waals surface area contributed by atoms with Gasteiger partial charge in [0, 0.05) is 19.3 Å². The van der Waals surface area contributed by atoms with Crippen molar-refractivity contribution in [3.63, 3.8) is 0 Å². The van der Waals surface area contributed by atoms with Gasteiger partial charge >= 0.3 is 5.97 Å². The van der Waals surface area contributed by atoms with Crippen LogP contribution in [0.1, 0.15) is 18.9 Å². The molecule has 112 valence electrons. The summed E-state index contributed by atoms with van der Waals surface area (Å²) in [7, 11) is 1.70. The number of hydrogen-bond acceptors (Lipinski definition) is 5. The molecule has 6 nitrogen and oxygen atoms in total. The highest BCUT2D eigenvalue weighted by atomic mass is 35.5. The fourth-order valence-electron chi connectivity index (χ4n) is 2.44. The van der Waals surface area contributed by atoms with Gasteiger partial charge in [0.05, 0.1) is 16.9 Å². The van der Waals surface area contributed by atoms with E-state index in [0.29, 0.717) is 15.7 Å². The highest BCUT2D eigenvalue weighted by Crippen LogP contribution is 2.39. The molecule has 1 saturated carbocycles. The number of pyridine rings is 1. The van der Waals surface area contributed by atoms with Crippen LogP contribution >= 0.6 is 23.4 Å². The lowest BCUT2D eigenvalue weighted by atomic mass is 9.89. The lowest BCUT2D eigenvalue weighted by molar-refractivity contribution is -0.133. The molecule has 0 amide bonds. The lowest BCUT2D eigenvalue weighted by Gasteiger charge is -2.35. The van der Waals surface area contributed by atoms with Gasteiger partial charge < -0.3 is 14.4 Å². The van der Waals surface area contributed by atoms with Crippen LogP contribution in [-0.2, 0) is 9.53 Å². The van der Waals surface area contributed by atoms with E-state index in [2.05, 4.69) is 9.97 Å². The van der Waals surface area contributed by atoms with Crippen LogP contribution in [0.25, 0.3) is 11.2 Å². The summed E-state index contributed by atoms with van der Waals surface area (Å²) in [6.07, 6.45) is 3.59. The summed E-state index contributed by atoms with van der Waals surface area (Å²) < 4.78 is 7.32. The summed E-state index contributed by atoms with van der Waals surface area (Å²) >= 11 is 7.15. The van der Waals surface area contributed by atoms with Crippen LogP contribution in [0.3, 0.4) is 0 Å². The Hall–Kier alpha value is -1.31. The summed E-state index contributed by atoms with van der Waals surface area (Å²) in [5.41, 5.74) is 1.43. The molecule has 1 fully saturated rings. The minimum atomic E-state index is -0.868. The van der Waals surface area contributed by atoms with Gasteiger partial charge in [-0.3, -0.25) is 4.79 Å². The Bertz CT molecular complexity index is 685. The second-order valence-electron chi connectivity index (χ2n) is 4.93. The number of carboxylic acid groups (broad SMARTS) is 1. The Morgan fingerprint density at radius 2 is 2.38 bits per heavy atom. The maximum absolute atomic E-state index is 10.8. The standard InChI is InChI=1S/C13H14ClN3O3S/c1-20-9-3-8(4-9)17-12-10(2-7(14)5-15-12)16-13(17)21-6-11(18)19/h2,5,8-9H,3-4,6H2,1H3,(H,18,19). The number of hydrogen-bond donors (Lipinski definition) is 1. The quantitative estimate of drug-likeness (QED) is 0.851. The van der Waals surface area contributed by atoms with E-state index in [0.717, 1.165) is 18.5 Å². The molecule has 2 aromatic rings. The van der Waals surface area contributed by atoms with Gasteiger partial charge in [-0.1, -0.05) is 23.4 Å². The number of aromatic nitrogens is 3. The lowest BCUT2D eigenvalue weighted by Crippen LogP contribution is -2.33. The van der Waals surface area contributed by atoms with E-state index in [1.807, 2.05) is 4.57 Å². The summed E-state index contributed by atoms with van der Waals surface area (Å²) in [5, 5.41) is 10.0. The zero-order chi connectivity index (χ0) is 15.0. The molecule has 0 unspecified atom stereocenters. The van der Waals surface area contributed by atoms with E-state index in [1.165, 1.54) is 11.8 Å². The number of halogens is 1. The molecular formula is C13H14ClN3O3S. The molecule has 21 heavy (non-hydrogen) atoms. The van der Waals surface area contributed by atoms with E-state index in [1.54, 1.807) is 19.4 Å². The number of thioether (sulfide) groups is 1. The van der Waals surface area contributed by atoms with Gasteiger partial charge in [0.2, 0.25) is 0 Å². The Morgan fingerprint density at radius 1 is 1.62 bits per heavy atom. The van der Waals surface area contributed by atoms with E-state index in [9.17, 15) is 4.79 Å². The summed E-state index contributed by atoms with van der Waals surface area (Å²) in [6.45, 7) is 0. The van der Waals surface area contributed by atoms with Gasteiger partial charge in [-0.15, -0.1) is 0 Å². The average molecular weight is 328 g/mol. The van der Waals surface area contributed by atoms with Crippen molar-refractivity contribution in [1.82, 2.24) is 14.5 Å². The number of fused-ring (bicyclic) bond motifs is 1. The Labute approximate surface area is 130 Å². The molecule has 1 aliphatic rings. The van der Waals surface area contributed by atoms with Crippen molar-refractivity contribution in [2.45, 2.75) is 30.1 Å². The highest BCUT2D eigenvalue weighted by molar-refractivity contribution is 7.99. The molecule has 0 aromatic carbocycles. The van der Waals surface area contributed by atoms with E-state index < -0.39 is 5.97 Å². The molecule has 1 N–H and O–H groups in total. The van der Waals surface area contributed by atoms with Gasteiger partial charge in [0.25, 0.3) is 0 Å². The molecule has 8 heteroatoms. The van der Waals surface area contributed by atoms with Crippen molar-refractivity contribution < 1.29 is 14.6 Å². The molecule has 1 aliphatic carbocycles. The molecule has 2 aromatic heterocycles. The zero-order valence-electron chi connectivity index (χ0n) is 11.3. The maximum atomic E-state index is 10.8. The first-order valence-electron chi connectivity index (χ1n) is 6.49. The van der Waals surface area contributed by atoms with Gasteiger partial charge in [0.15, 0.2) is 10.8 Å². The average Bonchev–Trinajstić information content (AvgIpc) is 2.73. The summed E-state index contributed by atoms with van der Waals surface area (Å²) in [5.74, 6) is -0.898. The number of carboxylic acids is 1. The first-order valence-corrected chi connectivity index (χ1v) is 7.85. The molecule has 0 bridgehead atoms. The normalized spacial score (nSPS) is 21.4. The monoisotopic (exact) mass is 327 g/mol. The number of nitrogens with zero attached hydrogens (tertiary/aromatic N) is 3. The number of methoxy groups -OCH3 is 1. The largest absolute Gasteiger partial charge is 0.481 e. The van der Waals surface area contributed by atoms with Gasteiger partial charge in [0.1, 0.15) is 5.52 Å². The Balaban J connectivity index is 1.97. The highest BCUT2D eigenvalue weighted by Gasteiger charge is 2.33. The second-order valence-corrected chi connectivity index (χ2v) is 6.30. The molecule has 3 rings (SSSR count). The van der Waals surface area contributed by atoms with E-state index >= 15 is 0 Å². The van der Waals surface area contributed by atoms with Crippen LogP contribution in [0.15, 0.2) is 17.4 Å². The van der Waals surface area contributed by atoms with E-state index in [4.69, 9.17) is 21.4 Å². The van der Waals surface area contributed by atoms with Crippen LogP contribution in [0.5, 0.6) is 0 Å². The van der Waals surface area contributed by atoms with E-state index in [-0.39, 0.29) is 17.9 Å². The predicted octanol–water partition coefficient (Wildman–Crippen LogP) is 2.61. The van der Waals surface area contributed by atoms with Crippen molar-refractivity contribution in [2.75, 3.05) is 12.9 Å². The molecule has 0 radical (unpaired) electrons. The third kappa shape index (κ3) is 2.86. The van der Waals surface area contributed by atoms with Crippen LogP contribution in [-0.4, -0.2) is 44.6 Å². The third-order valence-corrected chi connectivity index (χ3v) is 4.70. The maximum Gasteiger partial charge on any atom is 0.313 e. The van der Waals surface area contributed by atoms with Crippen LogP contribution in [0.4, 0.5) is 0 Å². The number of imidazole rings is 1. The van der Waals surface area contributed by atoms with Gasteiger partial charge in [-0.2, -0.15) is 0 Å². The fourth-order valence-corrected chi connectivity index (χ4v) is 3.38. The predicted molar refractivity (Wildman–Crippen MR) is 80.0 cm³/mol. The van der Waals surface area contributed by atoms with Crippen LogP contribution in [0, 0.1) is 0 Å². The number of carbonyl (C=O) groups is 1. The van der Waals surface area contributed by atoms with Gasteiger partial charge in [-0.05, 0) is 18.9 Å². The molecule has 0 aliphatic heterocycles. The van der Waals surface area contributed by atoms with Crippen molar-refractivity contribution in [1.29, 1.82) is 0 Å². The smallest absolute Gasteiger partial charge is 0.313 e. The molecule has 2 heterocycles. The van der Waals surface area contributed by atoms with Crippen LogP contribution < -0.4 is 0 Å². The van der Waals surface area contributed by atoms with Crippen molar-refractivity contribution in [3.05, 3.63) is 17.3 Å². The number of rotatable bonds is 5. The van der Waals surface area contributed by atoms with Gasteiger partial charge in [-0.25, -0.2) is 9.97 Å². The Morgan fingerprint density at radius 3 is 3.05 bits per heavy atom. The van der Waals surface area contributed by atoms with Crippen molar-refractivity contribution in [3.8, 4) is 0 Å².